The first kappa shape index (κ1) is 26.4. The Kier molecular flexibility index (Phi) is 8.12. The van der Waals surface area contributed by atoms with Gasteiger partial charge in [-0.3, -0.25) is 14.9 Å². The van der Waals surface area contributed by atoms with Crippen LogP contribution in [0.2, 0.25) is 0 Å². The number of anilines is 1. The zero-order valence-corrected chi connectivity index (χ0v) is 23.1. The number of pyridine rings is 1. The van der Waals surface area contributed by atoms with Crippen molar-refractivity contribution in [3.63, 3.8) is 0 Å². The van der Waals surface area contributed by atoms with Crippen LogP contribution in [-0.4, -0.2) is 68.8 Å². The number of ether oxygens (including phenoxy) is 2. The molecule has 2 atom stereocenters. The molecule has 3 aromatic rings. The molecule has 200 valence electrons. The molecule has 2 saturated heterocycles. The van der Waals surface area contributed by atoms with Crippen LogP contribution in [0.4, 0.5) is 5.95 Å². The van der Waals surface area contributed by atoms with Crippen LogP contribution in [0.1, 0.15) is 47.6 Å². The van der Waals surface area contributed by atoms with Crippen molar-refractivity contribution in [1.29, 1.82) is 0 Å². The predicted molar refractivity (Wildman–Crippen MR) is 151 cm³/mol. The second-order valence-corrected chi connectivity index (χ2v) is 10.2. The maximum atomic E-state index is 13.2. The summed E-state index contributed by atoms with van der Waals surface area (Å²) in [5, 5.41) is 12.7. The van der Waals surface area contributed by atoms with E-state index in [1.54, 1.807) is 0 Å². The van der Waals surface area contributed by atoms with Gasteiger partial charge in [0, 0.05) is 47.3 Å². The monoisotopic (exact) mass is 631 g/mol. The first-order chi connectivity index (χ1) is 18.5. The molecule has 38 heavy (non-hydrogen) atoms. The van der Waals surface area contributed by atoms with E-state index in [0.717, 1.165) is 48.0 Å². The lowest BCUT2D eigenvalue weighted by molar-refractivity contribution is -0.126. The van der Waals surface area contributed by atoms with Gasteiger partial charge in [0.25, 0.3) is 5.91 Å². The van der Waals surface area contributed by atoms with Crippen molar-refractivity contribution in [3.05, 3.63) is 54.2 Å². The van der Waals surface area contributed by atoms with Gasteiger partial charge in [0.2, 0.25) is 17.7 Å². The number of fused-ring (bicyclic) bond motifs is 1. The summed E-state index contributed by atoms with van der Waals surface area (Å²) < 4.78 is 14.6. The van der Waals surface area contributed by atoms with Crippen LogP contribution in [-0.2, 0) is 14.0 Å². The highest BCUT2D eigenvalue weighted by molar-refractivity contribution is 14.1. The lowest BCUT2D eigenvalue weighted by atomic mass is 10.1. The molecule has 1 aromatic carbocycles. The van der Waals surface area contributed by atoms with Crippen molar-refractivity contribution in [1.82, 2.24) is 19.4 Å². The van der Waals surface area contributed by atoms with Crippen molar-refractivity contribution in [2.24, 2.45) is 0 Å². The van der Waals surface area contributed by atoms with Crippen molar-refractivity contribution in [3.8, 4) is 11.6 Å². The fourth-order valence-electron chi connectivity index (χ4n) is 5.10. The number of amides is 2. The number of aromatic hydroxyl groups is 1. The number of carbonyl (C=O) groups is 2. The lowest BCUT2D eigenvalue weighted by Gasteiger charge is -2.27. The Hall–Kier alpha value is -3.19. The van der Waals surface area contributed by atoms with Gasteiger partial charge in [-0.2, -0.15) is 0 Å². The molecule has 11 heteroatoms. The van der Waals surface area contributed by atoms with Crippen LogP contribution in [0, 0.1) is 0 Å². The van der Waals surface area contributed by atoms with Crippen molar-refractivity contribution < 1.29 is 24.2 Å². The Balaban J connectivity index is 1.61. The molecule has 2 fully saturated rings. The average molecular weight is 631 g/mol. The smallest absolute Gasteiger partial charge is 0.258 e. The lowest BCUT2D eigenvalue weighted by Crippen LogP contribution is -2.34. The van der Waals surface area contributed by atoms with E-state index in [-0.39, 0.29) is 29.5 Å². The SMILES string of the molecule is C=CC(=O)N1CCCC[C@@H](n2c(NC(=O)c3ccnc(O)c3)nc3ccc(O[C@@H]4CCOC4)c(CI)c32)C1. The van der Waals surface area contributed by atoms with Crippen molar-refractivity contribution >= 4 is 51.4 Å². The molecule has 0 radical (unpaired) electrons. The maximum Gasteiger partial charge on any atom is 0.258 e. The van der Waals surface area contributed by atoms with Gasteiger partial charge in [-0.05, 0) is 43.5 Å². The molecule has 0 spiro atoms. The zero-order valence-electron chi connectivity index (χ0n) is 20.9. The minimum Gasteiger partial charge on any atom is -0.493 e. The number of nitrogens with zero attached hydrogens (tertiary/aromatic N) is 4. The first-order valence-corrected chi connectivity index (χ1v) is 14.2. The second kappa shape index (κ2) is 11.7. The fourth-order valence-corrected chi connectivity index (χ4v) is 5.84. The minimum atomic E-state index is -0.414. The van der Waals surface area contributed by atoms with Gasteiger partial charge in [-0.25, -0.2) is 9.97 Å². The average Bonchev–Trinajstić information content (AvgIpc) is 3.49. The third-order valence-electron chi connectivity index (χ3n) is 6.96. The second-order valence-electron chi connectivity index (χ2n) is 9.45. The fraction of sp³-hybridized carbons (Fsp3) is 0.407. The highest BCUT2D eigenvalue weighted by atomic mass is 127. The van der Waals surface area contributed by atoms with Gasteiger partial charge in [-0.1, -0.05) is 29.2 Å². The van der Waals surface area contributed by atoms with Gasteiger partial charge in [0.05, 0.1) is 30.3 Å². The standard InChI is InChI=1S/C27H30IN5O5/c1-2-24(35)32-11-4-3-5-18(15-32)33-25-20(14-28)22(38-19-9-12-37-16-19)7-6-21(25)30-27(33)31-26(36)17-8-10-29-23(34)13-17/h2,6-8,10,13,18-19H,1,3-5,9,11-12,14-16H2,(H,29,34)(H,30,31,36)/t18-,19-/m1/s1. The van der Waals surface area contributed by atoms with E-state index in [2.05, 4.69) is 44.0 Å². The number of hydrogen-bond donors (Lipinski definition) is 2. The van der Waals surface area contributed by atoms with E-state index in [1.165, 1.54) is 24.4 Å². The van der Waals surface area contributed by atoms with Gasteiger partial charge in [-0.15, -0.1) is 0 Å². The molecule has 2 aliphatic rings. The third kappa shape index (κ3) is 5.48. The molecule has 2 aliphatic heterocycles. The minimum absolute atomic E-state index is 0.0114. The summed E-state index contributed by atoms with van der Waals surface area (Å²) in [4.78, 5) is 36.2. The van der Waals surface area contributed by atoms with E-state index in [4.69, 9.17) is 14.5 Å². The summed E-state index contributed by atoms with van der Waals surface area (Å²) in [6.45, 7) is 6.03. The highest BCUT2D eigenvalue weighted by Gasteiger charge is 2.29. The Bertz CT molecular complexity index is 1350. The Morgan fingerprint density at radius 2 is 2.16 bits per heavy atom. The Morgan fingerprint density at radius 1 is 1.29 bits per heavy atom. The predicted octanol–water partition coefficient (Wildman–Crippen LogP) is 4.23. The van der Waals surface area contributed by atoms with E-state index >= 15 is 0 Å². The molecule has 2 amide bonds. The van der Waals surface area contributed by atoms with Crippen LogP contribution < -0.4 is 10.1 Å². The van der Waals surface area contributed by atoms with Gasteiger partial charge in [0.1, 0.15) is 11.9 Å². The number of benzene rings is 1. The summed E-state index contributed by atoms with van der Waals surface area (Å²) in [6, 6.07) is 6.55. The molecule has 0 unspecified atom stereocenters. The van der Waals surface area contributed by atoms with E-state index in [0.29, 0.717) is 36.7 Å². The van der Waals surface area contributed by atoms with Crippen LogP contribution in [0.25, 0.3) is 11.0 Å². The maximum absolute atomic E-state index is 13.2. The number of nitrogens with one attached hydrogen (secondary N) is 1. The number of halogens is 1. The van der Waals surface area contributed by atoms with Gasteiger partial charge >= 0.3 is 0 Å². The number of alkyl halides is 1. The number of aromatic nitrogens is 3. The molecule has 10 nitrogen and oxygen atoms in total. The van der Waals surface area contributed by atoms with E-state index in [1.807, 2.05) is 17.0 Å². The quantitative estimate of drug-likeness (QED) is 0.228. The third-order valence-corrected chi connectivity index (χ3v) is 7.72. The molecular formula is C27H30IN5O5. The topological polar surface area (TPSA) is 119 Å². The van der Waals surface area contributed by atoms with Crippen LogP contribution in [0.3, 0.4) is 0 Å². The number of rotatable bonds is 7. The number of imidazole rings is 1. The van der Waals surface area contributed by atoms with Gasteiger partial charge in [0.15, 0.2) is 0 Å². The van der Waals surface area contributed by atoms with Crippen molar-refractivity contribution in [2.45, 2.75) is 42.3 Å². The molecule has 2 aromatic heterocycles. The Labute approximate surface area is 234 Å². The zero-order chi connectivity index (χ0) is 26.6. The summed E-state index contributed by atoms with van der Waals surface area (Å²) in [7, 11) is 0. The molecule has 0 saturated carbocycles. The molecule has 4 heterocycles. The van der Waals surface area contributed by atoms with Gasteiger partial charge < -0.3 is 24.0 Å². The van der Waals surface area contributed by atoms with Crippen LogP contribution in [0.15, 0.2) is 43.1 Å². The van der Waals surface area contributed by atoms with E-state index < -0.39 is 5.91 Å². The van der Waals surface area contributed by atoms with Crippen molar-refractivity contribution in [2.75, 3.05) is 31.6 Å². The van der Waals surface area contributed by atoms with E-state index in [9.17, 15) is 14.7 Å². The number of hydrogen-bond acceptors (Lipinski definition) is 7. The highest BCUT2D eigenvalue weighted by Crippen LogP contribution is 2.37. The molecule has 0 aliphatic carbocycles. The van der Waals surface area contributed by atoms with Crippen LogP contribution >= 0.6 is 22.6 Å². The summed E-state index contributed by atoms with van der Waals surface area (Å²) in [5.41, 5.74) is 2.85. The molecule has 0 bridgehead atoms. The number of likely N-dealkylation sites (tertiary alicyclic amines) is 1. The summed E-state index contributed by atoms with van der Waals surface area (Å²) in [5.74, 6) is 0.388. The largest absolute Gasteiger partial charge is 0.493 e. The number of carbonyl (C=O) groups excluding carboxylic acids is 2. The Morgan fingerprint density at radius 3 is 2.89 bits per heavy atom. The molecule has 5 rings (SSSR count). The van der Waals surface area contributed by atoms with Crippen LogP contribution in [0.5, 0.6) is 11.6 Å². The molecule has 2 N–H and O–H groups in total. The molecular weight excluding hydrogens is 601 g/mol. The normalized spacial score (nSPS) is 19.8. The summed E-state index contributed by atoms with van der Waals surface area (Å²) >= 11 is 2.32. The summed E-state index contributed by atoms with van der Waals surface area (Å²) in [6.07, 6.45) is 6.16. The first-order valence-electron chi connectivity index (χ1n) is 12.7.